The average molecular weight is 286 g/mol. The normalized spacial score (nSPS) is 27.6. The molecule has 4 nitrogen and oxygen atoms in total. The van der Waals surface area contributed by atoms with E-state index in [0.29, 0.717) is 12.1 Å². The van der Waals surface area contributed by atoms with E-state index >= 15 is 0 Å². The maximum atomic E-state index is 12.5. The fraction of sp³-hybridized carbons (Fsp3) is 0.471. The molecule has 3 rings (SSSR count). The van der Waals surface area contributed by atoms with Crippen molar-refractivity contribution >= 4 is 5.78 Å². The lowest BCUT2D eigenvalue weighted by Gasteiger charge is -2.36. The van der Waals surface area contributed by atoms with Gasteiger partial charge in [0.15, 0.2) is 5.78 Å². The predicted molar refractivity (Wildman–Crippen MR) is 81.1 cm³/mol. The minimum atomic E-state index is -0.790. The second kappa shape index (κ2) is 4.60. The van der Waals surface area contributed by atoms with E-state index in [-0.39, 0.29) is 11.2 Å². The smallest absolute Gasteiger partial charge is 0.267 e. The van der Waals surface area contributed by atoms with Gasteiger partial charge < -0.3 is 9.64 Å². The molecule has 21 heavy (non-hydrogen) atoms. The third-order valence-electron chi connectivity index (χ3n) is 4.39. The predicted octanol–water partition coefficient (Wildman–Crippen LogP) is 2.58. The minimum Gasteiger partial charge on any atom is -0.452 e. The molecule has 1 aromatic rings. The minimum absolute atomic E-state index is 0.0444. The topological polar surface area (TPSA) is 41.6 Å². The monoisotopic (exact) mass is 286 g/mol. The summed E-state index contributed by atoms with van der Waals surface area (Å²) in [6.07, 6.45) is 1.35. The molecule has 1 aliphatic heterocycles. The maximum absolute atomic E-state index is 12.5. The number of carbonyl (C=O) groups is 1. The number of nitrogens with zero attached hydrogens (tertiary/aromatic N) is 1. The molecular weight excluding hydrogens is 264 g/mol. The van der Waals surface area contributed by atoms with E-state index in [4.69, 9.17) is 4.74 Å². The Morgan fingerprint density at radius 1 is 1.19 bits per heavy atom. The first kappa shape index (κ1) is 14.1. The van der Waals surface area contributed by atoms with E-state index in [2.05, 4.69) is 19.2 Å². The number of ketones is 1. The summed E-state index contributed by atoms with van der Waals surface area (Å²) in [5.74, 6) is 0.177. The number of likely N-dealkylation sites (N-methyl/N-ethyl adjacent to an activating group) is 1. The van der Waals surface area contributed by atoms with Crippen LogP contribution in [0, 0.1) is 5.41 Å². The Morgan fingerprint density at radius 3 is 2.48 bits per heavy atom. The number of carbonyl (C=O) groups excluding carboxylic acids is 1. The van der Waals surface area contributed by atoms with Crippen molar-refractivity contribution in [2.45, 2.75) is 32.5 Å². The highest BCUT2D eigenvalue weighted by Crippen LogP contribution is 2.47. The first-order valence-electron chi connectivity index (χ1n) is 7.33. The molecule has 0 saturated carbocycles. The van der Waals surface area contributed by atoms with Gasteiger partial charge in [-0.25, -0.2) is 0 Å². The Morgan fingerprint density at radius 2 is 1.86 bits per heavy atom. The summed E-state index contributed by atoms with van der Waals surface area (Å²) in [7, 11) is 3.78. The lowest BCUT2D eigenvalue weighted by atomic mass is 9.78. The number of allylic oxidation sites excluding steroid dienone is 2. The molecule has 1 N–H and O–H groups in total. The van der Waals surface area contributed by atoms with Crippen LogP contribution in [0.2, 0.25) is 0 Å². The Bertz CT molecular complexity index is 606. The Kier molecular flexibility index (Phi) is 3.10. The van der Waals surface area contributed by atoms with Gasteiger partial charge in [0.25, 0.3) is 5.85 Å². The van der Waals surface area contributed by atoms with Gasteiger partial charge in [0.2, 0.25) is 0 Å². The van der Waals surface area contributed by atoms with Crippen LogP contribution in [0.5, 0.6) is 0 Å². The number of Topliss-reactive ketones (excluding diaryl/α,β-unsaturated/α-hetero) is 1. The molecule has 1 atom stereocenters. The molecule has 1 aromatic carbocycles. The van der Waals surface area contributed by atoms with Crippen molar-refractivity contribution in [1.29, 1.82) is 0 Å². The summed E-state index contributed by atoms with van der Waals surface area (Å²) in [6.45, 7) is 4.22. The van der Waals surface area contributed by atoms with Crippen LogP contribution in [0.4, 0.5) is 0 Å². The van der Waals surface area contributed by atoms with E-state index in [9.17, 15) is 4.79 Å². The molecule has 0 amide bonds. The Balaban J connectivity index is 2.05. The third kappa shape index (κ3) is 2.05. The van der Waals surface area contributed by atoms with E-state index in [0.717, 1.165) is 17.7 Å². The van der Waals surface area contributed by atoms with Gasteiger partial charge in [0.05, 0.1) is 0 Å². The first-order chi connectivity index (χ1) is 9.89. The molecule has 2 aliphatic rings. The number of nitrogens with one attached hydrogen (secondary N) is 1. The highest BCUT2D eigenvalue weighted by molar-refractivity contribution is 5.97. The molecule has 0 unspecified atom stereocenters. The average Bonchev–Trinajstić information content (AvgIpc) is 2.72. The summed E-state index contributed by atoms with van der Waals surface area (Å²) < 4.78 is 6.28. The summed E-state index contributed by atoms with van der Waals surface area (Å²) in [6, 6.07) is 9.97. The summed E-state index contributed by atoms with van der Waals surface area (Å²) >= 11 is 0. The molecule has 0 fully saturated rings. The highest BCUT2D eigenvalue weighted by atomic mass is 16.5. The van der Waals surface area contributed by atoms with Crippen LogP contribution in [0.1, 0.15) is 32.3 Å². The van der Waals surface area contributed by atoms with Gasteiger partial charge in [-0.3, -0.25) is 10.1 Å². The van der Waals surface area contributed by atoms with E-state index in [1.165, 1.54) is 0 Å². The van der Waals surface area contributed by atoms with E-state index in [1.807, 2.05) is 49.3 Å². The Hall–Kier alpha value is -1.81. The van der Waals surface area contributed by atoms with Crippen molar-refractivity contribution < 1.29 is 9.53 Å². The van der Waals surface area contributed by atoms with Gasteiger partial charge >= 0.3 is 0 Å². The highest BCUT2D eigenvalue weighted by Gasteiger charge is 2.51. The molecule has 112 valence electrons. The quantitative estimate of drug-likeness (QED) is 0.907. The zero-order valence-corrected chi connectivity index (χ0v) is 13.1. The SMILES string of the molecule is CN[C@@]1(c2ccccc2)OC2=C(C(=O)CC(C)(C)C2)N1C. The number of benzene rings is 1. The number of hydrogen-bond donors (Lipinski definition) is 1. The largest absolute Gasteiger partial charge is 0.452 e. The number of ether oxygens (including phenoxy) is 1. The van der Waals surface area contributed by atoms with Crippen molar-refractivity contribution in [3.8, 4) is 0 Å². The van der Waals surface area contributed by atoms with Crippen molar-refractivity contribution in [2.24, 2.45) is 5.41 Å². The van der Waals surface area contributed by atoms with Gasteiger partial charge in [-0.1, -0.05) is 44.2 Å². The van der Waals surface area contributed by atoms with Crippen molar-refractivity contribution in [3.05, 3.63) is 47.4 Å². The molecule has 0 saturated heterocycles. The van der Waals surface area contributed by atoms with Crippen LogP contribution in [-0.2, 0) is 15.4 Å². The van der Waals surface area contributed by atoms with Crippen molar-refractivity contribution in [3.63, 3.8) is 0 Å². The molecule has 0 bridgehead atoms. The third-order valence-corrected chi connectivity index (χ3v) is 4.39. The second-order valence-corrected chi connectivity index (χ2v) is 6.63. The second-order valence-electron chi connectivity index (χ2n) is 6.63. The van der Waals surface area contributed by atoms with Gasteiger partial charge in [0.1, 0.15) is 11.5 Å². The molecule has 0 spiro atoms. The lowest BCUT2D eigenvalue weighted by Crippen LogP contribution is -2.51. The fourth-order valence-electron chi connectivity index (χ4n) is 3.40. The van der Waals surface area contributed by atoms with Gasteiger partial charge in [-0.2, -0.15) is 0 Å². The standard InChI is InChI=1S/C17H22N2O2/c1-16(2)10-13(20)15-14(11-16)21-17(18-3,19(15)4)12-8-6-5-7-9-12/h5-9,18H,10-11H2,1-4H3/t17-/m1/s1. The molecule has 1 heterocycles. The summed E-state index contributed by atoms with van der Waals surface area (Å²) in [5, 5.41) is 3.26. The first-order valence-corrected chi connectivity index (χ1v) is 7.33. The van der Waals surface area contributed by atoms with Gasteiger partial charge in [-0.15, -0.1) is 0 Å². The molecular formula is C17H22N2O2. The lowest BCUT2D eigenvalue weighted by molar-refractivity contribution is -0.121. The molecule has 0 aromatic heterocycles. The van der Waals surface area contributed by atoms with Crippen LogP contribution in [0.15, 0.2) is 41.8 Å². The zero-order chi connectivity index (χ0) is 15.3. The van der Waals surface area contributed by atoms with Crippen LogP contribution in [0.25, 0.3) is 0 Å². The van der Waals surface area contributed by atoms with Crippen LogP contribution < -0.4 is 5.32 Å². The van der Waals surface area contributed by atoms with Crippen molar-refractivity contribution in [2.75, 3.05) is 14.1 Å². The fourth-order valence-corrected chi connectivity index (χ4v) is 3.40. The number of rotatable bonds is 2. The molecule has 1 aliphatic carbocycles. The number of hydrogen-bond acceptors (Lipinski definition) is 4. The van der Waals surface area contributed by atoms with E-state index < -0.39 is 5.85 Å². The van der Waals surface area contributed by atoms with Crippen molar-refractivity contribution in [1.82, 2.24) is 10.2 Å². The van der Waals surface area contributed by atoms with Crippen LogP contribution >= 0.6 is 0 Å². The van der Waals surface area contributed by atoms with Crippen LogP contribution in [0.3, 0.4) is 0 Å². The zero-order valence-electron chi connectivity index (χ0n) is 13.1. The van der Waals surface area contributed by atoms with E-state index in [1.54, 1.807) is 0 Å². The summed E-state index contributed by atoms with van der Waals surface area (Å²) in [5.41, 5.74) is 1.67. The molecule has 4 heteroatoms. The van der Waals surface area contributed by atoms with Crippen LogP contribution in [-0.4, -0.2) is 24.8 Å². The summed E-state index contributed by atoms with van der Waals surface area (Å²) in [4.78, 5) is 14.5. The molecule has 0 radical (unpaired) electrons. The maximum Gasteiger partial charge on any atom is 0.267 e. The van der Waals surface area contributed by atoms with Gasteiger partial charge in [-0.05, 0) is 12.5 Å². The Labute approximate surface area is 125 Å². The van der Waals surface area contributed by atoms with Gasteiger partial charge in [0, 0.05) is 25.5 Å².